The minimum atomic E-state index is -0.400. The van der Waals surface area contributed by atoms with E-state index >= 15 is 0 Å². The quantitative estimate of drug-likeness (QED) is 0.718. The van der Waals surface area contributed by atoms with Crippen molar-refractivity contribution in [1.29, 1.82) is 0 Å². The van der Waals surface area contributed by atoms with Crippen LogP contribution in [0.15, 0.2) is 18.2 Å². The van der Waals surface area contributed by atoms with Crippen LogP contribution in [-0.4, -0.2) is 25.5 Å². The largest absolute Gasteiger partial charge is 0.309 e. The average Bonchev–Trinajstić information content (AvgIpc) is 2.10. The van der Waals surface area contributed by atoms with Crippen LogP contribution in [0.1, 0.15) is 12.0 Å². The Kier molecular flexibility index (Phi) is 4.01. The van der Waals surface area contributed by atoms with Gasteiger partial charge >= 0.3 is 0 Å². The van der Waals surface area contributed by atoms with Crippen LogP contribution in [0.4, 0.5) is 8.78 Å². The molecule has 1 nitrogen and oxygen atoms in total. The molecule has 0 atom stereocenters. The Balaban J connectivity index is 2.53. The third kappa shape index (κ3) is 3.42. The van der Waals surface area contributed by atoms with E-state index in [0.717, 1.165) is 18.7 Å². The van der Waals surface area contributed by atoms with Crippen LogP contribution in [-0.2, 0) is 0 Å². The van der Waals surface area contributed by atoms with E-state index in [1.165, 1.54) is 6.07 Å². The Bertz CT molecular complexity index is 297. The number of hydrogen-bond acceptors (Lipinski definition) is 1. The molecule has 0 saturated carbocycles. The predicted molar refractivity (Wildman–Crippen MR) is 52.9 cm³/mol. The summed E-state index contributed by atoms with van der Waals surface area (Å²) < 4.78 is 25.8. The van der Waals surface area contributed by atoms with Gasteiger partial charge in [-0.2, -0.15) is 0 Å². The first-order valence-electron chi connectivity index (χ1n) is 4.52. The lowest BCUT2D eigenvalue weighted by Gasteiger charge is -2.08. The van der Waals surface area contributed by atoms with Crippen molar-refractivity contribution in [3.8, 4) is 0 Å². The van der Waals surface area contributed by atoms with Crippen molar-refractivity contribution in [1.82, 2.24) is 4.90 Å². The molecule has 14 heavy (non-hydrogen) atoms. The normalized spacial score (nSPS) is 10.9. The summed E-state index contributed by atoms with van der Waals surface area (Å²) in [6.07, 6.45) is 2.42. The molecule has 1 aromatic rings. The molecule has 0 fully saturated rings. The van der Waals surface area contributed by atoms with Crippen molar-refractivity contribution in [3.05, 3.63) is 41.8 Å². The van der Waals surface area contributed by atoms with E-state index in [1.54, 1.807) is 6.42 Å². The fourth-order valence-corrected chi connectivity index (χ4v) is 1.15. The molecule has 1 rings (SSSR count). The lowest BCUT2D eigenvalue weighted by Crippen LogP contribution is -2.13. The maximum atomic E-state index is 13.1. The summed E-state index contributed by atoms with van der Waals surface area (Å²) in [6.45, 7) is 0.829. The summed E-state index contributed by atoms with van der Waals surface area (Å²) in [5.74, 6) is -0.771. The Morgan fingerprint density at radius 1 is 1.29 bits per heavy atom. The highest BCUT2D eigenvalue weighted by atomic mass is 19.1. The van der Waals surface area contributed by atoms with E-state index in [4.69, 9.17) is 0 Å². The van der Waals surface area contributed by atoms with Gasteiger partial charge in [-0.25, -0.2) is 8.78 Å². The van der Waals surface area contributed by atoms with E-state index in [0.29, 0.717) is 12.0 Å². The summed E-state index contributed by atoms with van der Waals surface area (Å²) >= 11 is 0. The zero-order chi connectivity index (χ0) is 10.6. The van der Waals surface area contributed by atoms with Crippen molar-refractivity contribution in [2.75, 3.05) is 20.6 Å². The highest BCUT2D eigenvalue weighted by molar-refractivity contribution is 5.25. The zero-order valence-corrected chi connectivity index (χ0v) is 8.43. The monoisotopic (exact) mass is 198 g/mol. The highest BCUT2D eigenvalue weighted by Gasteiger charge is 2.03. The van der Waals surface area contributed by atoms with E-state index < -0.39 is 5.82 Å². The van der Waals surface area contributed by atoms with E-state index in [9.17, 15) is 8.78 Å². The van der Waals surface area contributed by atoms with Crippen LogP contribution in [0.5, 0.6) is 0 Å². The summed E-state index contributed by atoms with van der Waals surface area (Å²) in [6, 6.07) is 3.49. The molecule has 0 unspecified atom stereocenters. The molecule has 0 bridgehead atoms. The lowest BCUT2D eigenvalue weighted by molar-refractivity contribution is 0.412. The van der Waals surface area contributed by atoms with Gasteiger partial charge in [-0.1, -0.05) is 0 Å². The van der Waals surface area contributed by atoms with Crippen molar-refractivity contribution < 1.29 is 8.78 Å². The Hall–Kier alpha value is -0.960. The van der Waals surface area contributed by atoms with Gasteiger partial charge in [0.15, 0.2) is 0 Å². The Labute approximate surface area is 83.3 Å². The second-order valence-electron chi connectivity index (χ2n) is 3.46. The first-order valence-corrected chi connectivity index (χ1v) is 4.52. The molecule has 0 aliphatic carbocycles. The van der Waals surface area contributed by atoms with Crippen molar-refractivity contribution in [2.45, 2.75) is 6.42 Å². The van der Waals surface area contributed by atoms with Gasteiger partial charge in [-0.05, 0) is 57.2 Å². The molecule has 1 radical (unpaired) electrons. The maximum absolute atomic E-state index is 13.1. The number of benzene rings is 1. The van der Waals surface area contributed by atoms with Crippen molar-refractivity contribution in [2.24, 2.45) is 0 Å². The highest BCUT2D eigenvalue weighted by Crippen LogP contribution is 2.13. The number of rotatable bonds is 4. The zero-order valence-electron chi connectivity index (χ0n) is 8.43. The number of nitrogens with zero attached hydrogens (tertiary/aromatic N) is 1. The standard InChI is InChI=1S/C11H14F2N/c1-14(2)7-3-4-9-8-10(12)5-6-11(9)13/h4-6,8H,3,7H2,1-2H3. The lowest BCUT2D eigenvalue weighted by atomic mass is 10.1. The molecule has 0 saturated heterocycles. The second kappa shape index (κ2) is 5.05. The van der Waals surface area contributed by atoms with Gasteiger partial charge in [0.2, 0.25) is 0 Å². The van der Waals surface area contributed by atoms with Gasteiger partial charge in [0.05, 0.1) is 0 Å². The molecule has 0 amide bonds. The van der Waals surface area contributed by atoms with Crippen LogP contribution in [0.3, 0.4) is 0 Å². The molecule has 1 aromatic carbocycles. The molecule has 77 valence electrons. The second-order valence-corrected chi connectivity index (χ2v) is 3.46. The maximum Gasteiger partial charge on any atom is 0.126 e. The predicted octanol–water partition coefficient (Wildman–Crippen LogP) is 2.47. The number of hydrogen-bond donors (Lipinski definition) is 0. The van der Waals surface area contributed by atoms with Crippen LogP contribution in [0.2, 0.25) is 0 Å². The van der Waals surface area contributed by atoms with Gasteiger partial charge in [-0.15, -0.1) is 0 Å². The van der Waals surface area contributed by atoms with Crippen LogP contribution < -0.4 is 0 Å². The number of halogens is 2. The third-order valence-corrected chi connectivity index (χ3v) is 1.90. The molecule has 0 heterocycles. The Morgan fingerprint density at radius 2 is 2.00 bits per heavy atom. The van der Waals surface area contributed by atoms with Crippen LogP contribution >= 0.6 is 0 Å². The summed E-state index contributed by atoms with van der Waals surface area (Å²) in [4.78, 5) is 1.99. The van der Waals surface area contributed by atoms with Gasteiger partial charge < -0.3 is 4.90 Å². The molecule has 0 spiro atoms. The molecule has 0 N–H and O–H groups in total. The van der Waals surface area contributed by atoms with Crippen LogP contribution in [0.25, 0.3) is 0 Å². The van der Waals surface area contributed by atoms with E-state index in [1.807, 2.05) is 19.0 Å². The minimum absolute atomic E-state index is 0.340. The average molecular weight is 198 g/mol. The fraction of sp³-hybridized carbons (Fsp3) is 0.364. The SMILES string of the molecule is CN(C)CC[CH]c1cc(F)ccc1F. The van der Waals surface area contributed by atoms with Crippen LogP contribution in [0, 0.1) is 18.1 Å². The van der Waals surface area contributed by atoms with Crippen molar-refractivity contribution in [3.63, 3.8) is 0 Å². The van der Waals surface area contributed by atoms with Gasteiger partial charge in [0.25, 0.3) is 0 Å². The molecule has 0 aromatic heterocycles. The van der Waals surface area contributed by atoms with Crippen molar-refractivity contribution >= 4 is 0 Å². The molecule has 0 aliphatic rings. The summed E-state index contributed by atoms with van der Waals surface area (Å²) in [7, 11) is 3.88. The molecule has 3 heteroatoms. The Morgan fingerprint density at radius 3 is 2.64 bits per heavy atom. The fourth-order valence-electron chi connectivity index (χ4n) is 1.15. The van der Waals surface area contributed by atoms with E-state index in [2.05, 4.69) is 0 Å². The van der Waals surface area contributed by atoms with Gasteiger partial charge in [0, 0.05) is 0 Å². The topological polar surface area (TPSA) is 3.24 Å². The third-order valence-electron chi connectivity index (χ3n) is 1.90. The summed E-state index contributed by atoms with van der Waals surface area (Å²) in [5, 5.41) is 0. The van der Waals surface area contributed by atoms with Gasteiger partial charge in [-0.3, -0.25) is 0 Å². The first-order chi connectivity index (χ1) is 6.59. The first kappa shape index (κ1) is 11.1. The van der Waals surface area contributed by atoms with Gasteiger partial charge in [0.1, 0.15) is 11.6 Å². The summed E-state index contributed by atoms with van der Waals surface area (Å²) in [5.41, 5.74) is 0.340. The molecule has 0 aliphatic heterocycles. The van der Waals surface area contributed by atoms with E-state index in [-0.39, 0.29) is 5.82 Å². The minimum Gasteiger partial charge on any atom is -0.309 e. The molecular weight excluding hydrogens is 184 g/mol. The molecular formula is C11H14F2N. The smallest absolute Gasteiger partial charge is 0.126 e.